The van der Waals surface area contributed by atoms with E-state index in [4.69, 9.17) is 0 Å². The van der Waals surface area contributed by atoms with E-state index in [1.165, 1.54) is 51.4 Å². The smallest absolute Gasteiger partial charge is 0.144 e. The van der Waals surface area contributed by atoms with Crippen LogP contribution in [0.25, 0.3) is 0 Å². The number of carbonyl (C=O) groups is 1. The summed E-state index contributed by atoms with van der Waals surface area (Å²) in [6.45, 7) is 13.7. The van der Waals surface area contributed by atoms with Gasteiger partial charge >= 0.3 is 0 Å². The predicted molar refractivity (Wildman–Crippen MR) is 94.8 cm³/mol. The zero-order chi connectivity index (χ0) is 16.5. The number of rotatable bonds is 4. The Morgan fingerprint density at radius 1 is 0.636 bits per heavy atom. The summed E-state index contributed by atoms with van der Waals surface area (Å²) in [5, 5.41) is 0. The maximum atomic E-state index is 13.4. The van der Waals surface area contributed by atoms with Crippen LogP contribution >= 0.6 is 0 Å². The Hall–Kier alpha value is -0.330. The average molecular weight is 307 g/mol. The summed E-state index contributed by atoms with van der Waals surface area (Å²) in [5.41, 5.74) is -0.292. The lowest BCUT2D eigenvalue weighted by molar-refractivity contribution is -0.143. The van der Waals surface area contributed by atoms with Crippen molar-refractivity contribution in [2.45, 2.75) is 92.9 Å². The van der Waals surface area contributed by atoms with Crippen LogP contribution in [0.1, 0.15) is 92.9 Å². The van der Waals surface area contributed by atoms with Crippen LogP contribution in [0.3, 0.4) is 0 Å². The minimum Gasteiger partial charge on any atom is -0.298 e. The van der Waals surface area contributed by atoms with Gasteiger partial charge in [0.05, 0.1) is 0 Å². The molecule has 0 heterocycles. The van der Waals surface area contributed by atoms with Crippen molar-refractivity contribution < 1.29 is 4.79 Å². The minimum atomic E-state index is -0.146. The average Bonchev–Trinajstić information content (AvgIpc) is 2.47. The molecule has 0 aromatic carbocycles. The van der Waals surface area contributed by atoms with Crippen molar-refractivity contribution in [1.29, 1.82) is 0 Å². The van der Waals surface area contributed by atoms with E-state index in [0.717, 1.165) is 11.8 Å². The molecule has 0 N–H and O–H groups in total. The Morgan fingerprint density at radius 3 is 1.18 bits per heavy atom. The third-order valence-corrected chi connectivity index (χ3v) is 7.24. The third kappa shape index (κ3) is 3.60. The van der Waals surface area contributed by atoms with Crippen LogP contribution in [0.15, 0.2) is 0 Å². The van der Waals surface area contributed by atoms with E-state index < -0.39 is 0 Å². The molecule has 0 aromatic rings. The first-order chi connectivity index (χ1) is 10.2. The Bertz CT molecular complexity index is 341. The summed E-state index contributed by atoms with van der Waals surface area (Å²) in [7, 11) is 0. The van der Waals surface area contributed by atoms with Gasteiger partial charge in [-0.1, -0.05) is 67.2 Å². The first kappa shape index (κ1) is 18.0. The van der Waals surface area contributed by atoms with Crippen molar-refractivity contribution in [2.24, 2.45) is 34.5 Å². The van der Waals surface area contributed by atoms with Crippen molar-refractivity contribution in [3.05, 3.63) is 0 Å². The van der Waals surface area contributed by atoms with Gasteiger partial charge in [-0.2, -0.15) is 0 Å². The molecule has 22 heavy (non-hydrogen) atoms. The number of Topliss-reactive ketones (excluding diaryl/α,β-unsaturated/α-hetero) is 1. The van der Waals surface area contributed by atoms with E-state index in [1.54, 1.807) is 0 Å². The molecule has 0 spiro atoms. The maximum absolute atomic E-state index is 13.4. The second kappa shape index (κ2) is 6.65. The molecule has 2 fully saturated rings. The summed E-state index contributed by atoms with van der Waals surface area (Å²) in [6, 6.07) is 0. The Labute approximate surface area is 138 Å². The molecule has 0 unspecified atom stereocenters. The molecule has 1 nitrogen and oxygen atoms in total. The van der Waals surface area contributed by atoms with E-state index in [0.29, 0.717) is 17.6 Å². The molecule has 2 aliphatic rings. The Morgan fingerprint density at radius 2 is 0.909 bits per heavy atom. The molecule has 2 rings (SSSR count). The molecule has 2 saturated carbocycles. The molecule has 0 aromatic heterocycles. The fourth-order valence-corrected chi connectivity index (χ4v) is 5.16. The van der Waals surface area contributed by atoms with Crippen molar-refractivity contribution >= 4 is 5.78 Å². The molecule has 0 aliphatic heterocycles. The van der Waals surface area contributed by atoms with Gasteiger partial charge in [0.25, 0.3) is 0 Å². The Kier molecular flexibility index (Phi) is 5.45. The molecular weight excluding hydrogens is 268 g/mol. The summed E-state index contributed by atoms with van der Waals surface area (Å²) in [6.07, 6.45) is 10.2. The van der Waals surface area contributed by atoms with Gasteiger partial charge in [0.1, 0.15) is 5.78 Å². The first-order valence-corrected chi connectivity index (χ1v) is 9.70. The van der Waals surface area contributed by atoms with Gasteiger partial charge in [0, 0.05) is 10.8 Å². The normalized spacial score (nSPS) is 34.5. The molecule has 0 bridgehead atoms. The van der Waals surface area contributed by atoms with Gasteiger partial charge in [0.15, 0.2) is 0 Å². The highest BCUT2D eigenvalue weighted by Gasteiger charge is 2.47. The summed E-state index contributed by atoms with van der Waals surface area (Å²) in [5.74, 6) is 3.44. The van der Waals surface area contributed by atoms with Crippen LogP contribution in [0.4, 0.5) is 0 Å². The maximum Gasteiger partial charge on any atom is 0.144 e. The number of carbonyl (C=O) groups excluding carboxylic acids is 1. The van der Waals surface area contributed by atoms with Crippen molar-refractivity contribution in [2.75, 3.05) is 0 Å². The van der Waals surface area contributed by atoms with E-state index in [9.17, 15) is 4.79 Å². The highest BCUT2D eigenvalue weighted by molar-refractivity contribution is 5.89. The Balaban J connectivity index is 2.07. The van der Waals surface area contributed by atoms with Gasteiger partial charge in [-0.25, -0.2) is 0 Å². The quantitative estimate of drug-likeness (QED) is 0.599. The third-order valence-electron chi connectivity index (χ3n) is 7.24. The molecule has 0 saturated heterocycles. The molecule has 0 atom stereocenters. The van der Waals surface area contributed by atoms with Crippen LogP contribution in [0.5, 0.6) is 0 Å². The minimum absolute atomic E-state index is 0.146. The lowest BCUT2D eigenvalue weighted by atomic mass is 9.57. The largest absolute Gasteiger partial charge is 0.298 e. The van der Waals surface area contributed by atoms with Gasteiger partial charge in [-0.15, -0.1) is 0 Å². The summed E-state index contributed by atoms with van der Waals surface area (Å²) < 4.78 is 0. The monoisotopic (exact) mass is 306 g/mol. The van der Waals surface area contributed by atoms with E-state index >= 15 is 0 Å². The van der Waals surface area contributed by atoms with Gasteiger partial charge in [-0.05, 0) is 49.4 Å². The highest BCUT2D eigenvalue weighted by atomic mass is 16.1. The van der Waals surface area contributed by atoms with E-state index in [-0.39, 0.29) is 10.8 Å². The fourth-order valence-electron chi connectivity index (χ4n) is 5.16. The van der Waals surface area contributed by atoms with E-state index in [1.807, 2.05) is 0 Å². The molecule has 0 radical (unpaired) electrons. The van der Waals surface area contributed by atoms with Gasteiger partial charge in [-0.3, -0.25) is 4.79 Å². The number of hydrogen-bond acceptors (Lipinski definition) is 1. The molecular formula is C21H38O. The molecule has 1 heteroatoms. The van der Waals surface area contributed by atoms with Gasteiger partial charge < -0.3 is 0 Å². The fraction of sp³-hybridized carbons (Fsp3) is 0.952. The van der Waals surface area contributed by atoms with E-state index in [2.05, 4.69) is 41.5 Å². The summed E-state index contributed by atoms with van der Waals surface area (Å²) >= 11 is 0. The second-order valence-corrected chi connectivity index (χ2v) is 9.69. The lowest BCUT2D eigenvalue weighted by Gasteiger charge is -2.45. The van der Waals surface area contributed by atoms with Crippen LogP contribution in [-0.2, 0) is 4.79 Å². The number of hydrogen-bond donors (Lipinski definition) is 0. The molecule has 128 valence electrons. The zero-order valence-corrected chi connectivity index (χ0v) is 15.9. The van der Waals surface area contributed by atoms with Crippen molar-refractivity contribution in [3.8, 4) is 0 Å². The highest BCUT2D eigenvalue weighted by Crippen LogP contribution is 2.48. The van der Waals surface area contributed by atoms with Crippen LogP contribution in [0.2, 0.25) is 0 Å². The van der Waals surface area contributed by atoms with Gasteiger partial charge in [0.2, 0.25) is 0 Å². The van der Waals surface area contributed by atoms with Crippen molar-refractivity contribution in [1.82, 2.24) is 0 Å². The van der Waals surface area contributed by atoms with Crippen LogP contribution in [0, 0.1) is 34.5 Å². The zero-order valence-electron chi connectivity index (χ0n) is 15.9. The SMILES string of the molecule is CC1CCC(C(C)(C)C(=O)C(C)(C)C2CCC(C)CC2)CC1. The molecule has 0 amide bonds. The molecule has 2 aliphatic carbocycles. The van der Waals surface area contributed by atoms with Crippen LogP contribution in [-0.4, -0.2) is 5.78 Å². The summed E-state index contributed by atoms with van der Waals surface area (Å²) in [4.78, 5) is 13.4. The number of ketones is 1. The first-order valence-electron chi connectivity index (χ1n) is 9.70. The topological polar surface area (TPSA) is 17.1 Å². The second-order valence-electron chi connectivity index (χ2n) is 9.69. The standard InChI is InChI=1S/C21H38O/c1-15-7-11-17(12-8-15)20(3,4)19(22)21(5,6)18-13-9-16(2)10-14-18/h15-18H,7-14H2,1-6H3. The van der Waals surface area contributed by atoms with Crippen molar-refractivity contribution in [3.63, 3.8) is 0 Å². The van der Waals surface area contributed by atoms with Crippen LogP contribution < -0.4 is 0 Å². The lowest BCUT2D eigenvalue weighted by Crippen LogP contribution is -2.46. The predicted octanol–water partition coefficient (Wildman–Crippen LogP) is 6.26.